The van der Waals surface area contributed by atoms with Crippen LogP contribution in [-0.2, 0) is 9.59 Å². The van der Waals surface area contributed by atoms with Gasteiger partial charge in [-0.25, -0.2) is 0 Å². The van der Waals surface area contributed by atoms with E-state index in [0.717, 1.165) is 12.1 Å². The molecule has 1 heterocycles. The van der Waals surface area contributed by atoms with Crippen molar-refractivity contribution in [2.75, 3.05) is 16.8 Å². The van der Waals surface area contributed by atoms with Crippen LogP contribution < -0.4 is 15.0 Å². The maximum atomic E-state index is 12.4. The second kappa shape index (κ2) is 7.70. The molecular formula is C20H19N3O3. The number of carbonyl (C=O) groups is 2. The summed E-state index contributed by atoms with van der Waals surface area (Å²) in [6, 6.07) is 15.8. The number of amides is 2. The molecule has 0 aliphatic carbocycles. The maximum Gasteiger partial charge on any atom is 0.265 e. The molecule has 1 atom stereocenters. The number of nitrogens with zero attached hydrogens (tertiary/aromatic N) is 2. The first kappa shape index (κ1) is 17.5. The fourth-order valence-electron chi connectivity index (χ4n) is 2.78. The molecule has 2 aromatic rings. The Morgan fingerprint density at radius 2 is 2.04 bits per heavy atom. The van der Waals surface area contributed by atoms with Crippen LogP contribution in [0.25, 0.3) is 0 Å². The van der Waals surface area contributed by atoms with Crippen LogP contribution in [0.1, 0.15) is 25.3 Å². The van der Waals surface area contributed by atoms with Crippen LogP contribution in [0.5, 0.6) is 5.75 Å². The van der Waals surface area contributed by atoms with Crippen LogP contribution in [0, 0.1) is 11.3 Å². The smallest absolute Gasteiger partial charge is 0.265 e. The van der Waals surface area contributed by atoms with Crippen molar-refractivity contribution in [3.63, 3.8) is 0 Å². The largest absolute Gasteiger partial charge is 0.481 e. The summed E-state index contributed by atoms with van der Waals surface area (Å²) >= 11 is 0. The molecule has 6 heteroatoms. The summed E-state index contributed by atoms with van der Waals surface area (Å²) in [6.07, 6.45) is 0.705. The highest BCUT2D eigenvalue weighted by Gasteiger charge is 2.22. The Morgan fingerprint density at radius 1 is 1.27 bits per heavy atom. The molecule has 1 aliphatic heterocycles. The summed E-state index contributed by atoms with van der Waals surface area (Å²) in [5.41, 5.74) is 1.93. The third-order valence-corrected chi connectivity index (χ3v) is 4.16. The van der Waals surface area contributed by atoms with Gasteiger partial charge in [-0.3, -0.25) is 9.59 Å². The minimum atomic E-state index is -0.708. The molecule has 1 saturated heterocycles. The molecular weight excluding hydrogens is 330 g/mol. The van der Waals surface area contributed by atoms with E-state index in [0.29, 0.717) is 30.0 Å². The van der Waals surface area contributed by atoms with Gasteiger partial charge in [0, 0.05) is 24.3 Å². The van der Waals surface area contributed by atoms with Gasteiger partial charge in [0.2, 0.25) is 5.91 Å². The molecule has 3 rings (SSSR count). The number of rotatable bonds is 5. The molecule has 1 N–H and O–H groups in total. The number of nitriles is 1. The Balaban J connectivity index is 1.63. The Bertz CT molecular complexity index is 855. The van der Waals surface area contributed by atoms with Crippen molar-refractivity contribution in [3.8, 4) is 11.8 Å². The standard InChI is InChI=1S/C20H19N3O3/c1-14(26-18-9-7-15(13-21)8-10-18)20(25)22-16-4-2-5-17(12-16)23-11-3-6-19(23)24/h2,4-5,7-10,12,14H,3,6,11H2,1H3,(H,22,25). The molecule has 0 radical (unpaired) electrons. The highest BCUT2D eigenvalue weighted by molar-refractivity contribution is 5.97. The Morgan fingerprint density at radius 3 is 2.69 bits per heavy atom. The zero-order valence-electron chi connectivity index (χ0n) is 14.4. The normalized spacial score (nSPS) is 14.6. The van der Waals surface area contributed by atoms with Gasteiger partial charge in [0.25, 0.3) is 5.91 Å². The highest BCUT2D eigenvalue weighted by atomic mass is 16.5. The van der Waals surface area contributed by atoms with Crippen molar-refractivity contribution in [2.45, 2.75) is 25.9 Å². The molecule has 0 spiro atoms. The second-order valence-corrected chi connectivity index (χ2v) is 6.08. The van der Waals surface area contributed by atoms with Crippen molar-refractivity contribution in [2.24, 2.45) is 0 Å². The fourth-order valence-corrected chi connectivity index (χ4v) is 2.78. The van der Waals surface area contributed by atoms with Crippen molar-refractivity contribution >= 4 is 23.2 Å². The molecule has 1 aliphatic rings. The summed E-state index contributed by atoms with van der Waals surface area (Å²) in [6.45, 7) is 2.36. The van der Waals surface area contributed by atoms with E-state index >= 15 is 0 Å². The lowest BCUT2D eigenvalue weighted by Gasteiger charge is -2.18. The van der Waals surface area contributed by atoms with E-state index in [1.807, 2.05) is 18.2 Å². The SMILES string of the molecule is CC(Oc1ccc(C#N)cc1)C(=O)Nc1cccc(N2CCCC2=O)c1. The summed E-state index contributed by atoms with van der Waals surface area (Å²) in [7, 11) is 0. The number of anilines is 2. The fraction of sp³-hybridized carbons (Fsp3) is 0.250. The van der Waals surface area contributed by atoms with Crippen LogP contribution >= 0.6 is 0 Å². The van der Waals surface area contributed by atoms with Gasteiger partial charge in [-0.05, 0) is 55.8 Å². The zero-order chi connectivity index (χ0) is 18.5. The summed E-state index contributed by atoms with van der Waals surface area (Å²) < 4.78 is 5.61. The van der Waals surface area contributed by atoms with Gasteiger partial charge >= 0.3 is 0 Å². The predicted octanol–water partition coefficient (Wildman–Crippen LogP) is 3.09. The number of hydrogen-bond donors (Lipinski definition) is 1. The summed E-state index contributed by atoms with van der Waals surface area (Å²) in [5.74, 6) is 0.327. The van der Waals surface area contributed by atoms with Gasteiger partial charge in [-0.1, -0.05) is 6.07 Å². The molecule has 0 bridgehead atoms. The lowest BCUT2D eigenvalue weighted by molar-refractivity contribution is -0.122. The first-order chi connectivity index (χ1) is 12.6. The lowest BCUT2D eigenvalue weighted by Crippen LogP contribution is -2.30. The Hall–Kier alpha value is -3.33. The van der Waals surface area contributed by atoms with Crippen molar-refractivity contribution < 1.29 is 14.3 Å². The highest BCUT2D eigenvalue weighted by Crippen LogP contribution is 2.24. The average Bonchev–Trinajstić information content (AvgIpc) is 3.08. The number of benzene rings is 2. The van der Waals surface area contributed by atoms with E-state index in [1.165, 1.54) is 0 Å². The van der Waals surface area contributed by atoms with Gasteiger partial charge in [0.05, 0.1) is 11.6 Å². The predicted molar refractivity (Wildman–Crippen MR) is 97.9 cm³/mol. The van der Waals surface area contributed by atoms with Crippen molar-refractivity contribution in [1.29, 1.82) is 5.26 Å². The molecule has 2 amide bonds. The van der Waals surface area contributed by atoms with Gasteiger partial charge in [-0.15, -0.1) is 0 Å². The van der Waals surface area contributed by atoms with Crippen molar-refractivity contribution in [1.82, 2.24) is 0 Å². The molecule has 26 heavy (non-hydrogen) atoms. The van der Waals surface area contributed by atoms with E-state index < -0.39 is 6.10 Å². The molecule has 1 unspecified atom stereocenters. The third-order valence-electron chi connectivity index (χ3n) is 4.16. The first-order valence-electron chi connectivity index (χ1n) is 8.45. The average molecular weight is 349 g/mol. The van der Waals surface area contributed by atoms with Crippen LogP contribution in [0.15, 0.2) is 48.5 Å². The van der Waals surface area contributed by atoms with Crippen LogP contribution in [0.4, 0.5) is 11.4 Å². The zero-order valence-corrected chi connectivity index (χ0v) is 14.4. The summed E-state index contributed by atoms with van der Waals surface area (Å²) in [5, 5.41) is 11.6. The van der Waals surface area contributed by atoms with E-state index in [1.54, 1.807) is 48.2 Å². The molecule has 132 valence electrons. The van der Waals surface area contributed by atoms with Crippen molar-refractivity contribution in [3.05, 3.63) is 54.1 Å². The minimum Gasteiger partial charge on any atom is -0.481 e. The Labute approximate surface area is 152 Å². The van der Waals surface area contributed by atoms with Gasteiger partial charge in [0.1, 0.15) is 5.75 Å². The topological polar surface area (TPSA) is 82.4 Å². The summed E-state index contributed by atoms with van der Waals surface area (Å²) in [4.78, 5) is 26.0. The second-order valence-electron chi connectivity index (χ2n) is 6.08. The van der Waals surface area contributed by atoms with E-state index in [-0.39, 0.29) is 11.8 Å². The van der Waals surface area contributed by atoms with Gasteiger partial charge < -0.3 is 15.0 Å². The molecule has 0 aromatic heterocycles. The van der Waals surface area contributed by atoms with Gasteiger partial charge in [-0.2, -0.15) is 5.26 Å². The lowest BCUT2D eigenvalue weighted by atomic mass is 10.2. The number of nitrogens with one attached hydrogen (secondary N) is 1. The number of ether oxygens (including phenoxy) is 1. The van der Waals surface area contributed by atoms with E-state index in [4.69, 9.17) is 10.00 Å². The Kier molecular flexibility index (Phi) is 5.18. The quantitative estimate of drug-likeness (QED) is 0.899. The molecule has 0 saturated carbocycles. The maximum absolute atomic E-state index is 12.4. The van der Waals surface area contributed by atoms with E-state index in [2.05, 4.69) is 5.32 Å². The van der Waals surface area contributed by atoms with Crippen LogP contribution in [-0.4, -0.2) is 24.5 Å². The first-order valence-corrected chi connectivity index (χ1v) is 8.45. The van der Waals surface area contributed by atoms with E-state index in [9.17, 15) is 9.59 Å². The molecule has 6 nitrogen and oxygen atoms in total. The number of carbonyl (C=O) groups excluding carboxylic acids is 2. The van der Waals surface area contributed by atoms with Crippen LogP contribution in [0.2, 0.25) is 0 Å². The van der Waals surface area contributed by atoms with Crippen LogP contribution in [0.3, 0.4) is 0 Å². The molecule has 1 fully saturated rings. The number of hydrogen-bond acceptors (Lipinski definition) is 4. The molecule has 2 aromatic carbocycles. The monoisotopic (exact) mass is 349 g/mol. The minimum absolute atomic E-state index is 0.103. The van der Waals surface area contributed by atoms with Gasteiger partial charge in [0.15, 0.2) is 6.10 Å². The third kappa shape index (κ3) is 4.01.